The second kappa shape index (κ2) is 7.88. The normalized spacial score (nSPS) is 21.1. The van der Waals surface area contributed by atoms with Gasteiger partial charge in [0.05, 0.1) is 12.0 Å². The van der Waals surface area contributed by atoms with E-state index in [1.165, 1.54) is 0 Å². The monoisotopic (exact) mass is 420 g/mol. The molecule has 0 radical (unpaired) electrons. The van der Waals surface area contributed by atoms with Gasteiger partial charge in [0.25, 0.3) is 5.56 Å². The van der Waals surface area contributed by atoms with Crippen molar-refractivity contribution in [2.24, 2.45) is 11.8 Å². The third kappa shape index (κ3) is 3.97. The lowest BCUT2D eigenvalue weighted by Crippen LogP contribution is -2.33. The van der Waals surface area contributed by atoms with Gasteiger partial charge in [-0.25, -0.2) is 19.6 Å². The van der Waals surface area contributed by atoms with E-state index in [0.717, 1.165) is 61.4 Å². The first kappa shape index (κ1) is 19.9. The van der Waals surface area contributed by atoms with Gasteiger partial charge in [-0.05, 0) is 38.7 Å². The number of fused-ring (bicyclic) bond motifs is 1. The van der Waals surface area contributed by atoms with E-state index in [0.29, 0.717) is 18.4 Å². The first-order chi connectivity index (χ1) is 15.0. The minimum Gasteiger partial charge on any atom is -0.356 e. The second-order valence-electron chi connectivity index (χ2n) is 8.82. The molecular formula is C22H28N8O. The van der Waals surface area contributed by atoms with Gasteiger partial charge in [0.15, 0.2) is 5.82 Å². The Morgan fingerprint density at radius 1 is 0.871 bits per heavy atom. The molecule has 3 aromatic heterocycles. The summed E-state index contributed by atoms with van der Waals surface area (Å²) in [7, 11) is 0. The van der Waals surface area contributed by atoms with Crippen molar-refractivity contribution >= 4 is 5.82 Å². The number of anilines is 1. The quantitative estimate of drug-likeness (QED) is 0.613. The highest BCUT2D eigenvalue weighted by Gasteiger charge is 2.40. The molecule has 2 unspecified atom stereocenters. The van der Waals surface area contributed by atoms with Crippen LogP contribution in [0.1, 0.15) is 17.1 Å². The predicted octanol–water partition coefficient (Wildman–Crippen LogP) is 1.21. The summed E-state index contributed by atoms with van der Waals surface area (Å²) < 4.78 is 3.58. The maximum Gasteiger partial charge on any atom is 0.253 e. The van der Waals surface area contributed by atoms with E-state index in [1.807, 2.05) is 31.5 Å². The SMILES string of the molecule is Cc1cc(=O)n(CCN2CC3CN(c4cc(-n5nc(C)cc5C)ncn4)CC3C2)cn1. The second-order valence-corrected chi connectivity index (χ2v) is 8.82. The largest absolute Gasteiger partial charge is 0.356 e. The number of rotatable bonds is 5. The number of likely N-dealkylation sites (tertiary alicyclic amines) is 1. The van der Waals surface area contributed by atoms with Crippen LogP contribution < -0.4 is 10.5 Å². The molecule has 2 atom stereocenters. The Labute approximate surface area is 181 Å². The zero-order valence-electron chi connectivity index (χ0n) is 18.3. The molecule has 0 saturated carbocycles. The lowest BCUT2D eigenvalue weighted by atomic mass is 10.0. The van der Waals surface area contributed by atoms with E-state index in [2.05, 4.69) is 35.9 Å². The average Bonchev–Trinajstić information content (AvgIpc) is 3.40. The third-order valence-corrected chi connectivity index (χ3v) is 6.42. The van der Waals surface area contributed by atoms with Crippen LogP contribution in [0.2, 0.25) is 0 Å². The van der Waals surface area contributed by atoms with Crippen molar-refractivity contribution in [3.8, 4) is 5.82 Å². The highest BCUT2D eigenvalue weighted by Crippen LogP contribution is 2.33. The molecule has 2 aliphatic heterocycles. The van der Waals surface area contributed by atoms with E-state index >= 15 is 0 Å². The Balaban J connectivity index is 1.21. The van der Waals surface area contributed by atoms with Gasteiger partial charge in [0.2, 0.25) is 0 Å². The van der Waals surface area contributed by atoms with Gasteiger partial charge in [0.1, 0.15) is 12.1 Å². The lowest BCUT2D eigenvalue weighted by Gasteiger charge is -2.22. The molecule has 0 N–H and O–H groups in total. The van der Waals surface area contributed by atoms with Crippen LogP contribution in [-0.2, 0) is 6.54 Å². The molecule has 162 valence electrons. The minimum atomic E-state index is 0.0280. The van der Waals surface area contributed by atoms with Crippen molar-refractivity contribution in [1.29, 1.82) is 0 Å². The standard InChI is InChI=1S/C22H28N8O/c1-15-7-22(31)28(14-25-15)5-4-27-9-18-11-29(12-19(18)10-27)20-8-21(24-13-23-20)30-17(3)6-16(2)26-30/h6-8,13-14,18-19H,4-5,9-12H2,1-3H3. The van der Waals surface area contributed by atoms with Crippen LogP contribution >= 0.6 is 0 Å². The molecule has 2 fully saturated rings. The molecule has 9 nitrogen and oxygen atoms in total. The molecule has 0 aromatic carbocycles. The summed E-state index contributed by atoms with van der Waals surface area (Å²) in [5, 5.41) is 4.54. The van der Waals surface area contributed by atoms with Crippen molar-refractivity contribution in [3.05, 3.63) is 58.3 Å². The summed E-state index contributed by atoms with van der Waals surface area (Å²) in [6.07, 6.45) is 3.29. The van der Waals surface area contributed by atoms with Gasteiger partial charge in [-0.1, -0.05) is 0 Å². The van der Waals surface area contributed by atoms with Crippen molar-refractivity contribution in [1.82, 2.24) is 34.2 Å². The zero-order valence-corrected chi connectivity index (χ0v) is 18.3. The first-order valence-corrected chi connectivity index (χ1v) is 10.8. The maximum atomic E-state index is 12.1. The molecule has 0 spiro atoms. The number of aryl methyl sites for hydroxylation is 3. The number of aromatic nitrogens is 6. The van der Waals surface area contributed by atoms with Crippen molar-refractivity contribution in [2.45, 2.75) is 27.3 Å². The molecule has 5 rings (SSSR count). The maximum absolute atomic E-state index is 12.1. The Hall–Kier alpha value is -3.07. The predicted molar refractivity (Wildman–Crippen MR) is 117 cm³/mol. The highest BCUT2D eigenvalue weighted by molar-refractivity contribution is 5.45. The molecule has 2 saturated heterocycles. The van der Waals surface area contributed by atoms with E-state index in [-0.39, 0.29) is 5.56 Å². The van der Waals surface area contributed by atoms with E-state index in [4.69, 9.17) is 0 Å². The molecular weight excluding hydrogens is 392 g/mol. The van der Waals surface area contributed by atoms with Crippen LogP contribution in [0, 0.1) is 32.6 Å². The molecule has 31 heavy (non-hydrogen) atoms. The molecule has 0 amide bonds. The van der Waals surface area contributed by atoms with Crippen LogP contribution in [0.4, 0.5) is 5.82 Å². The van der Waals surface area contributed by atoms with Crippen molar-refractivity contribution in [3.63, 3.8) is 0 Å². The number of nitrogens with zero attached hydrogens (tertiary/aromatic N) is 8. The molecule has 0 aliphatic carbocycles. The molecule has 3 aromatic rings. The van der Waals surface area contributed by atoms with Gasteiger partial charge in [-0.15, -0.1) is 0 Å². The smallest absolute Gasteiger partial charge is 0.253 e. The molecule has 9 heteroatoms. The number of hydrogen-bond donors (Lipinski definition) is 0. The molecule has 5 heterocycles. The average molecular weight is 421 g/mol. The summed E-state index contributed by atoms with van der Waals surface area (Å²) >= 11 is 0. The zero-order chi connectivity index (χ0) is 21.5. The summed E-state index contributed by atoms with van der Waals surface area (Å²) in [6, 6.07) is 5.69. The van der Waals surface area contributed by atoms with E-state index < -0.39 is 0 Å². The van der Waals surface area contributed by atoms with Crippen LogP contribution in [0.15, 0.2) is 35.6 Å². The summed E-state index contributed by atoms with van der Waals surface area (Å²) in [4.78, 5) is 30.1. The highest BCUT2D eigenvalue weighted by atomic mass is 16.1. The molecule has 0 bridgehead atoms. The Kier molecular flexibility index (Phi) is 5.05. The summed E-state index contributed by atoms with van der Waals surface area (Å²) in [6.45, 7) is 11.6. The Morgan fingerprint density at radius 3 is 2.29 bits per heavy atom. The van der Waals surface area contributed by atoms with Crippen LogP contribution in [0.25, 0.3) is 5.82 Å². The topological polar surface area (TPSA) is 85.0 Å². The fourth-order valence-corrected chi connectivity index (χ4v) is 4.88. The van der Waals surface area contributed by atoms with Gasteiger partial charge in [-0.2, -0.15) is 5.10 Å². The summed E-state index contributed by atoms with van der Waals surface area (Å²) in [5.74, 6) is 3.03. The van der Waals surface area contributed by atoms with Gasteiger partial charge < -0.3 is 9.80 Å². The van der Waals surface area contributed by atoms with Gasteiger partial charge in [0, 0.05) is 62.8 Å². The number of hydrogen-bond acceptors (Lipinski definition) is 7. The third-order valence-electron chi connectivity index (χ3n) is 6.42. The fourth-order valence-electron chi connectivity index (χ4n) is 4.88. The Bertz CT molecular complexity index is 1140. The van der Waals surface area contributed by atoms with Crippen LogP contribution in [-0.4, -0.2) is 66.9 Å². The van der Waals surface area contributed by atoms with Crippen LogP contribution in [0.3, 0.4) is 0 Å². The molecule has 2 aliphatic rings. The minimum absolute atomic E-state index is 0.0280. The Morgan fingerprint density at radius 2 is 1.61 bits per heavy atom. The van der Waals surface area contributed by atoms with Gasteiger partial charge in [-0.3, -0.25) is 9.36 Å². The van der Waals surface area contributed by atoms with Crippen LogP contribution in [0.5, 0.6) is 0 Å². The lowest BCUT2D eigenvalue weighted by molar-refractivity contribution is 0.300. The van der Waals surface area contributed by atoms with Gasteiger partial charge >= 0.3 is 0 Å². The van der Waals surface area contributed by atoms with Crippen molar-refractivity contribution in [2.75, 3.05) is 37.6 Å². The first-order valence-electron chi connectivity index (χ1n) is 10.8. The summed E-state index contributed by atoms with van der Waals surface area (Å²) in [5.41, 5.74) is 2.85. The van der Waals surface area contributed by atoms with E-state index in [9.17, 15) is 4.79 Å². The fraction of sp³-hybridized carbons (Fsp3) is 0.500. The van der Waals surface area contributed by atoms with Crippen molar-refractivity contribution < 1.29 is 0 Å². The van der Waals surface area contributed by atoms with E-state index in [1.54, 1.807) is 23.3 Å².